The summed E-state index contributed by atoms with van der Waals surface area (Å²) >= 11 is 12.5. The monoisotopic (exact) mass is 343 g/mol. The van der Waals surface area contributed by atoms with E-state index in [1.807, 2.05) is 31.5 Å². The average Bonchev–Trinajstić information content (AvgIpc) is 2.74. The fraction of sp³-hybridized carbons (Fsp3) is 0.267. The molecule has 1 unspecified atom stereocenters. The highest BCUT2D eigenvalue weighted by molar-refractivity contribution is 7.31. The SMILES string of the molecule is C[s+]1cccc1N(C(=O)[O-])c1ccc(C(C)(C)Cl)c(Cl)c1. The Bertz CT molecular complexity index is 677. The van der Waals surface area contributed by atoms with Crippen LogP contribution in [0.15, 0.2) is 35.7 Å². The number of hydrogen-bond acceptors (Lipinski definition) is 2. The number of carboxylic acid groups (broad SMARTS) is 1. The first kappa shape index (κ1) is 16.1. The van der Waals surface area contributed by atoms with E-state index in [4.69, 9.17) is 23.2 Å². The predicted molar refractivity (Wildman–Crippen MR) is 87.8 cm³/mol. The number of thiophene rings is 1. The number of alkyl halides is 1. The Morgan fingerprint density at radius 2 is 2.00 bits per heavy atom. The molecule has 6 heteroatoms. The Hall–Kier alpha value is -1.23. The van der Waals surface area contributed by atoms with Crippen molar-refractivity contribution in [3.05, 3.63) is 46.3 Å². The molecular weight excluding hydrogens is 329 g/mol. The lowest BCUT2D eigenvalue weighted by Gasteiger charge is -2.24. The summed E-state index contributed by atoms with van der Waals surface area (Å²) in [7, 11) is -0.274. The molecule has 1 aromatic heterocycles. The van der Waals surface area contributed by atoms with Crippen molar-refractivity contribution in [2.24, 2.45) is 6.26 Å². The van der Waals surface area contributed by atoms with Gasteiger partial charge in [0.1, 0.15) is 17.7 Å². The third kappa shape index (κ3) is 3.34. The van der Waals surface area contributed by atoms with Crippen molar-refractivity contribution < 1.29 is 9.90 Å². The van der Waals surface area contributed by atoms with Crippen molar-refractivity contribution in [2.75, 3.05) is 4.90 Å². The van der Waals surface area contributed by atoms with Crippen LogP contribution in [0, 0.1) is 0 Å². The van der Waals surface area contributed by atoms with Gasteiger partial charge in [-0.1, -0.05) is 17.7 Å². The number of hydrogen-bond donors (Lipinski definition) is 0. The van der Waals surface area contributed by atoms with Gasteiger partial charge in [-0.3, -0.25) is 4.90 Å². The number of nitrogens with zero attached hydrogens (tertiary/aromatic N) is 1. The lowest BCUT2D eigenvalue weighted by Crippen LogP contribution is -2.37. The Kier molecular flexibility index (Phi) is 4.51. The molecule has 0 saturated heterocycles. The maximum Gasteiger partial charge on any atom is 0.252 e. The molecule has 0 aliphatic rings. The molecule has 0 spiro atoms. The maximum absolute atomic E-state index is 11.5. The number of benzene rings is 1. The van der Waals surface area contributed by atoms with Crippen molar-refractivity contribution >= 4 is 50.5 Å². The zero-order valence-electron chi connectivity index (χ0n) is 11.9. The molecule has 0 aliphatic carbocycles. The number of aryl methyl sites for hydroxylation is 1. The van der Waals surface area contributed by atoms with E-state index >= 15 is 0 Å². The Labute approximate surface area is 136 Å². The van der Waals surface area contributed by atoms with Gasteiger partial charge in [-0.15, -0.1) is 11.6 Å². The van der Waals surface area contributed by atoms with Crippen LogP contribution < -0.4 is 10.0 Å². The van der Waals surface area contributed by atoms with Crippen LogP contribution in [0.2, 0.25) is 5.02 Å². The molecule has 2 rings (SSSR count). The summed E-state index contributed by atoms with van der Waals surface area (Å²) in [6.07, 6.45) is 0.668. The van der Waals surface area contributed by atoms with Crippen molar-refractivity contribution in [3.8, 4) is 0 Å². The van der Waals surface area contributed by atoms with Crippen LogP contribution in [0.1, 0.15) is 19.4 Å². The van der Waals surface area contributed by atoms with Gasteiger partial charge in [-0.05, 0) is 48.1 Å². The van der Waals surface area contributed by atoms with Gasteiger partial charge in [0.15, 0.2) is 0 Å². The third-order valence-electron chi connectivity index (χ3n) is 3.11. The van der Waals surface area contributed by atoms with E-state index in [1.165, 1.54) is 0 Å². The van der Waals surface area contributed by atoms with Crippen LogP contribution in [0.5, 0.6) is 0 Å². The quantitative estimate of drug-likeness (QED) is 0.604. The molecule has 21 heavy (non-hydrogen) atoms. The molecule has 1 atom stereocenters. The molecule has 112 valence electrons. The molecule has 1 amide bonds. The minimum absolute atomic E-state index is 0.274. The van der Waals surface area contributed by atoms with Crippen molar-refractivity contribution in [1.29, 1.82) is 0 Å². The fourth-order valence-electron chi connectivity index (χ4n) is 2.08. The van der Waals surface area contributed by atoms with E-state index in [-0.39, 0.29) is 10.5 Å². The fourth-order valence-corrected chi connectivity index (χ4v) is 3.92. The molecule has 0 N–H and O–H groups in total. The van der Waals surface area contributed by atoms with Crippen LogP contribution >= 0.6 is 33.7 Å². The molecule has 2 aromatic rings. The number of carbonyl (C=O) groups excluding carboxylic acids is 1. The highest BCUT2D eigenvalue weighted by Crippen LogP contribution is 2.39. The summed E-state index contributed by atoms with van der Waals surface area (Å²) in [5, 5.41) is 14.6. The lowest BCUT2D eigenvalue weighted by molar-refractivity contribution is -0.245. The first-order valence-electron chi connectivity index (χ1n) is 6.25. The topological polar surface area (TPSA) is 43.4 Å². The van der Waals surface area contributed by atoms with E-state index in [0.717, 1.165) is 10.5 Å². The number of amides is 1. The summed E-state index contributed by atoms with van der Waals surface area (Å²) in [6, 6.07) is 8.65. The minimum atomic E-state index is -1.28. The van der Waals surface area contributed by atoms with Crippen molar-refractivity contribution in [2.45, 2.75) is 18.7 Å². The van der Waals surface area contributed by atoms with Gasteiger partial charge in [0, 0.05) is 11.1 Å². The zero-order chi connectivity index (χ0) is 15.8. The molecule has 0 saturated carbocycles. The molecule has 0 aliphatic heterocycles. The second-order valence-electron chi connectivity index (χ2n) is 5.13. The highest BCUT2D eigenvalue weighted by Gasteiger charge is 2.24. The Morgan fingerprint density at radius 3 is 2.43 bits per heavy atom. The molecule has 0 bridgehead atoms. The molecule has 1 heterocycles. The van der Waals surface area contributed by atoms with Gasteiger partial charge >= 0.3 is 0 Å². The first-order chi connectivity index (χ1) is 9.71. The van der Waals surface area contributed by atoms with E-state index in [9.17, 15) is 9.90 Å². The lowest BCUT2D eigenvalue weighted by atomic mass is 10.0. The van der Waals surface area contributed by atoms with Crippen LogP contribution in [0.3, 0.4) is 0 Å². The Balaban J connectivity index is 2.51. The number of halogens is 2. The van der Waals surface area contributed by atoms with Crippen LogP contribution in [-0.4, -0.2) is 6.09 Å². The van der Waals surface area contributed by atoms with E-state index in [0.29, 0.717) is 15.7 Å². The van der Waals surface area contributed by atoms with Gasteiger partial charge in [-0.25, -0.2) is 0 Å². The molecule has 0 fully saturated rings. The maximum atomic E-state index is 11.5. The number of anilines is 2. The Morgan fingerprint density at radius 1 is 1.33 bits per heavy atom. The summed E-state index contributed by atoms with van der Waals surface area (Å²) in [4.78, 5) is 12.0. The smallest absolute Gasteiger partial charge is 0.252 e. The van der Waals surface area contributed by atoms with E-state index in [2.05, 4.69) is 0 Å². The van der Waals surface area contributed by atoms with Crippen LogP contribution in [0.4, 0.5) is 15.5 Å². The van der Waals surface area contributed by atoms with Gasteiger partial charge in [0.25, 0.3) is 5.00 Å². The van der Waals surface area contributed by atoms with Crippen molar-refractivity contribution in [1.82, 2.24) is 0 Å². The number of carbonyl (C=O) groups is 1. The summed E-state index contributed by atoms with van der Waals surface area (Å²) in [5.74, 6) is 0. The molecule has 3 nitrogen and oxygen atoms in total. The summed E-state index contributed by atoms with van der Waals surface area (Å²) in [6.45, 7) is 3.66. The largest absolute Gasteiger partial charge is 0.529 e. The van der Waals surface area contributed by atoms with Crippen LogP contribution in [0.25, 0.3) is 0 Å². The first-order valence-corrected chi connectivity index (χ1v) is 8.70. The van der Waals surface area contributed by atoms with Gasteiger partial charge < -0.3 is 9.90 Å². The van der Waals surface area contributed by atoms with Gasteiger partial charge in [0.05, 0.1) is 10.6 Å². The molecule has 1 aromatic carbocycles. The molecule has 0 radical (unpaired) electrons. The summed E-state index contributed by atoms with van der Waals surface area (Å²) < 4.78 is 0. The van der Waals surface area contributed by atoms with E-state index in [1.54, 1.807) is 24.3 Å². The second kappa shape index (κ2) is 5.87. The minimum Gasteiger partial charge on any atom is -0.529 e. The second-order valence-corrected chi connectivity index (χ2v) is 8.29. The molecular formula is C15H15Cl2NO2S. The average molecular weight is 344 g/mol. The normalized spacial score (nSPS) is 12.3. The van der Waals surface area contributed by atoms with E-state index < -0.39 is 11.0 Å². The number of rotatable bonds is 3. The van der Waals surface area contributed by atoms with Crippen LogP contribution in [-0.2, 0) is 11.1 Å². The third-order valence-corrected chi connectivity index (χ3v) is 5.17. The standard InChI is InChI=1S/C15H15Cl2NO2S/c1-15(2,17)11-7-6-10(9-12(11)16)18(14(19)20)13-5-4-8-21(13)3/h4-9H,1-3H3. The predicted octanol–water partition coefficient (Wildman–Crippen LogP) is 4.58. The van der Waals surface area contributed by atoms with Crippen molar-refractivity contribution in [3.63, 3.8) is 0 Å². The summed E-state index contributed by atoms with van der Waals surface area (Å²) in [5.41, 5.74) is 1.21. The highest BCUT2D eigenvalue weighted by atomic mass is 35.5. The van der Waals surface area contributed by atoms with Gasteiger partial charge in [0.2, 0.25) is 0 Å². The zero-order valence-corrected chi connectivity index (χ0v) is 14.2. The van der Waals surface area contributed by atoms with Gasteiger partial charge in [-0.2, -0.15) is 0 Å².